The average Bonchev–Trinajstić information content (AvgIpc) is 3.12. The van der Waals surface area contributed by atoms with E-state index < -0.39 is 11.0 Å². The van der Waals surface area contributed by atoms with E-state index in [1.807, 2.05) is 39.8 Å². The summed E-state index contributed by atoms with van der Waals surface area (Å²) < 4.78 is 7.43. The lowest BCUT2D eigenvalue weighted by Gasteiger charge is -2.16. The van der Waals surface area contributed by atoms with Crippen molar-refractivity contribution in [1.29, 1.82) is 0 Å². The third kappa shape index (κ3) is 5.21. The Morgan fingerprint density at radius 3 is 2.61 bits per heavy atom. The van der Waals surface area contributed by atoms with Gasteiger partial charge in [-0.05, 0) is 49.9 Å². The maximum absolute atomic E-state index is 12.8. The van der Waals surface area contributed by atoms with Crippen LogP contribution < -0.4 is 10.1 Å². The van der Waals surface area contributed by atoms with Crippen molar-refractivity contribution in [2.24, 2.45) is 0 Å². The zero-order chi connectivity index (χ0) is 22.7. The fourth-order valence-corrected chi connectivity index (χ4v) is 3.40. The zero-order valence-electron chi connectivity index (χ0n) is 17.7. The molecule has 0 saturated heterocycles. The molecule has 0 unspecified atom stereocenters. The number of amides is 1. The lowest BCUT2D eigenvalue weighted by Crippen LogP contribution is -2.26. The molecule has 31 heavy (non-hydrogen) atoms. The second-order valence-electron chi connectivity index (χ2n) is 7.33. The molecule has 3 rings (SSSR count). The van der Waals surface area contributed by atoms with E-state index in [1.165, 1.54) is 23.0 Å². The Balaban J connectivity index is 1.91. The van der Waals surface area contributed by atoms with Gasteiger partial charge in [0.1, 0.15) is 17.5 Å². The predicted molar refractivity (Wildman–Crippen MR) is 119 cm³/mol. The highest BCUT2D eigenvalue weighted by Crippen LogP contribution is 2.33. The number of halogens is 1. The highest BCUT2D eigenvalue weighted by molar-refractivity contribution is 6.30. The highest BCUT2D eigenvalue weighted by atomic mass is 35.5. The minimum atomic E-state index is -0.613. The number of non-ortho nitro benzene ring substituents is 1. The van der Waals surface area contributed by atoms with Crippen LogP contribution >= 0.6 is 11.6 Å². The van der Waals surface area contributed by atoms with Gasteiger partial charge in [-0.2, -0.15) is 5.10 Å². The van der Waals surface area contributed by atoms with Crippen LogP contribution in [0.5, 0.6) is 11.5 Å². The van der Waals surface area contributed by atoms with E-state index in [4.69, 9.17) is 16.3 Å². The molecule has 3 aromatic rings. The summed E-state index contributed by atoms with van der Waals surface area (Å²) in [4.78, 5) is 23.7. The van der Waals surface area contributed by atoms with Crippen molar-refractivity contribution in [3.8, 4) is 11.5 Å². The van der Waals surface area contributed by atoms with Gasteiger partial charge in [-0.15, -0.1) is 0 Å². The van der Waals surface area contributed by atoms with Crippen LogP contribution in [0.25, 0.3) is 0 Å². The number of aromatic nitrogens is 2. The van der Waals surface area contributed by atoms with Crippen LogP contribution in [0.1, 0.15) is 36.1 Å². The minimum Gasteiger partial charge on any atom is -0.457 e. The SMILES string of the molecule is CC[C@@H](C(=O)Nc1cc(Oc2cc(C)cc(C)c2C)cc([N+](=O)[O-])c1)n1cc(Cl)cn1. The largest absolute Gasteiger partial charge is 0.457 e. The zero-order valence-corrected chi connectivity index (χ0v) is 18.4. The number of carbonyl (C=O) groups is 1. The van der Waals surface area contributed by atoms with Gasteiger partial charge in [-0.1, -0.05) is 24.6 Å². The molecule has 1 atom stereocenters. The number of aryl methyl sites for hydroxylation is 2. The Morgan fingerprint density at radius 1 is 1.26 bits per heavy atom. The second-order valence-corrected chi connectivity index (χ2v) is 7.77. The van der Waals surface area contributed by atoms with Crippen molar-refractivity contribution in [1.82, 2.24) is 9.78 Å². The van der Waals surface area contributed by atoms with Crippen molar-refractivity contribution >= 4 is 28.9 Å². The average molecular weight is 443 g/mol. The van der Waals surface area contributed by atoms with Crippen LogP contribution in [-0.2, 0) is 4.79 Å². The topological polar surface area (TPSA) is 99.3 Å². The molecular formula is C22H23ClN4O4. The molecule has 0 aliphatic carbocycles. The molecule has 0 aliphatic rings. The molecule has 162 valence electrons. The molecule has 9 heteroatoms. The van der Waals surface area contributed by atoms with Crippen molar-refractivity contribution in [2.75, 3.05) is 5.32 Å². The summed E-state index contributed by atoms with van der Waals surface area (Å²) in [5.74, 6) is 0.497. The first-order valence-corrected chi connectivity index (χ1v) is 10.1. The van der Waals surface area contributed by atoms with E-state index in [1.54, 1.807) is 12.3 Å². The smallest absolute Gasteiger partial charge is 0.275 e. The predicted octanol–water partition coefficient (Wildman–Crippen LogP) is 5.75. The molecule has 0 aliphatic heterocycles. The number of hydrogen-bond acceptors (Lipinski definition) is 5. The fourth-order valence-electron chi connectivity index (χ4n) is 3.26. The first-order valence-electron chi connectivity index (χ1n) is 9.73. The lowest BCUT2D eigenvalue weighted by molar-refractivity contribution is -0.384. The number of hydrogen-bond donors (Lipinski definition) is 1. The number of nitrogens with zero attached hydrogens (tertiary/aromatic N) is 3. The molecule has 2 aromatic carbocycles. The van der Waals surface area contributed by atoms with Gasteiger partial charge < -0.3 is 10.1 Å². The van der Waals surface area contributed by atoms with Crippen LogP contribution in [-0.4, -0.2) is 20.6 Å². The summed E-state index contributed by atoms with van der Waals surface area (Å²) in [7, 11) is 0. The molecule has 1 aromatic heterocycles. The molecule has 0 saturated carbocycles. The Bertz CT molecular complexity index is 1140. The van der Waals surface area contributed by atoms with Gasteiger partial charge in [-0.25, -0.2) is 0 Å². The standard InChI is InChI=1S/C22H23ClN4O4/c1-5-20(26-12-16(23)11-24-26)22(28)25-17-8-18(27(29)30)10-19(9-17)31-21-7-13(2)6-14(3)15(21)4/h6-12,20H,5H2,1-4H3,(H,25,28)/t20-/m0/s1. The van der Waals surface area contributed by atoms with Crippen molar-refractivity contribution in [2.45, 2.75) is 40.2 Å². The normalized spacial score (nSPS) is 11.8. The number of ether oxygens (including phenoxy) is 1. The lowest BCUT2D eigenvalue weighted by atomic mass is 10.1. The second kappa shape index (κ2) is 9.18. The van der Waals surface area contributed by atoms with E-state index in [9.17, 15) is 14.9 Å². The fraction of sp³-hybridized carbons (Fsp3) is 0.273. The maximum atomic E-state index is 12.8. The highest BCUT2D eigenvalue weighted by Gasteiger charge is 2.21. The van der Waals surface area contributed by atoms with E-state index in [0.29, 0.717) is 17.2 Å². The van der Waals surface area contributed by atoms with Crippen molar-refractivity contribution in [3.05, 3.63) is 74.6 Å². The van der Waals surface area contributed by atoms with E-state index >= 15 is 0 Å². The van der Waals surface area contributed by atoms with Gasteiger partial charge in [0.25, 0.3) is 5.69 Å². The van der Waals surface area contributed by atoms with E-state index in [0.717, 1.165) is 16.7 Å². The molecule has 1 N–H and O–H groups in total. The Morgan fingerprint density at radius 2 is 2.00 bits per heavy atom. The number of rotatable bonds is 7. The molecule has 1 heterocycles. The van der Waals surface area contributed by atoms with Gasteiger partial charge in [-0.3, -0.25) is 19.6 Å². The summed E-state index contributed by atoms with van der Waals surface area (Å²) in [5.41, 5.74) is 3.07. The summed E-state index contributed by atoms with van der Waals surface area (Å²) in [5, 5.41) is 18.7. The number of benzene rings is 2. The quantitative estimate of drug-likeness (QED) is 0.371. The monoisotopic (exact) mass is 442 g/mol. The van der Waals surface area contributed by atoms with Crippen LogP contribution in [0.3, 0.4) is 0 Å². The van der Waals surface area contributed by atoms with Gasteiger partial charge in [0, 0.05) is 18.3 Å². The van der Waals surface area contributed by atoms with Crippen LogP contribution in [0, 0.1) is 30.9 Å². The van der Waals surface area contributed by atoms with Crippen LogP contribution in [0.15, 0.2) is 42.7 Å². The number of anilines is 1. The van der Waals surface area contributed by atoms with Gasteiger partial charge in [0.2, 0.25) is 5.91 Å². The number of nitro benzene ring substituents is 1. The van der Waals surface area contributed by atoms with Gasteiger partial charge >= 0.3 is 0 Å². The Labute approximate surface area is 184 Å². The minimum absolute atomic E-state index is 0.190. The molecule has 0 bridgehead atoms. The summed E-state index contributed by atoms with van der Waals surface area (Å²) >= 11 is 5.91. The number of carbonyl (C=O) groups excluding carboxylic acids is 1. The molecular weight excluding hydrogens is 420 g/mol. The van der Waals surface area contributed by atoms with Crippen LogP contribution in [0.4, 0.5) is 11.4 Å². The Kier molecular flexibility index (Phi) is 6.60. The van der Waals surface area contributed by atoms with E-state index in [-0.39, 0.29) is 23.0 Å². The van der Waals surface area contributed by atoms with E-state index in [2.05, 4.69) is 10.4 Å². The molecule has 0 radical (unpaired) electrons. The molecule has 1 amide bonds. The molecule has 0 fully saturated rings. The Hall–Kier alpha value is -3.39. The maximum Gasteiger partial charge on any atom is 0.275 e. The third-order valence-corrected chi connectivity index (χ3v) is 5.14. The van der Waals surface area contributed by atoms with Crippen LogP contribution in [0.2, 0.25) is 5.02 Å². The summed E-state index contributed by atoms with van der Waals surface area (Å²) in [6.45, 7) is 7.68. The first-order chi connectivity index (χ1) is 14.7. The first kappa shape index (κ1) is 22.3. The van der Waals surface area contributed by atoms with Crippen molar-refractivity contribution in [3.63, 3.8) is 0 Å². The number of nitro groups is 1. The number of nitrogens with one attached hydrogen (secondary N) is 1. The van der Waals surface area contributed by atoms with Crippen molar-refractivity contribution < 1.29 is 14.5 Å². The van der Waals surface area contributed by atoms with Gasteiger partial charge in [0.05, 0.1) is 27.9 Å². The van der Waals surface area contributed by atoms with Gasteiger partial charge in [0.15, 0.2) is 0 Å². The summed E-state index contributed by atoms with van der Waals surface area (Å²) in [6.07, 6.45) is 3.47. The molecule has 8 nitrogen and oxygen atoms in total. The third-order valence-electron chi connectivity index (χ3n) is 4.94. The summed E-state index contributed by atoms with van der Waals surface area (Å²) in [6, 6.07) is 7.48. The molecule has 0 spiro atoms.